The van der Waals surface area contributed by atoms with Gasteiger partial charge in [0.05, 0.1) is 18.6 Å². The summed E-state index contributed by atoms with van der Waals surface area (Å²) in [7, 11) is 1.71. The van der Waals surface area contributed by atoms with Crippen LogP contribution in [0.3, 0.4) is 0 Å². The Morgan fingerprint density at radius 2 is 1.86 bits per heavy atom. The molecule has 0 saturated carbocycles. The molecule has 3 N–H and O–H groups in total. The highest BCUT2D eigenvalue weighted by Crippen LogP contribution is 2.29. The van der Waals surface area contributed by atoms with Gasteiger partial charge in [0, 0.05) is 6.54 Å². The van der Waals surface area contributed by atoms with Crippen molar-refractivity contribution < 1.29 is 14.4 Å². The van der Waals surface area contributed by atoms with Gasteiger partial charge in [-0.3, -0.25) is 14.4 Å². The Hall–Kier alpha value is -2.41. The van der Waals surface area contributed by atoms with Crippen molar-refractivity contribution in [2.75, 3.05) is 20.1 Å². The van der Waals surface area contributed by atoms with Crippen LogP contribution in [0.25, 0.3) is 0 Å². The molecule has 1 aliphatic carbocycles. The summed E-state index contributed by atoms with van der Waals surface area (Å²) in [6, 6.07) is 7.29. The lowest BCUT2D eigenvalue weighted by atomic mass is 9.88. The van der Waals surface area contributed by atoms with Crippen molar-refractivity contribution in [1.82, 2.24) is 20.9 Å². The van der Waals surface area contributed by atoms with Crippen LogP contribution in [0, 0.1) is 0 Å². The third kappa shape index (κ3) is 5.35. The van der Waals surface area contributed by atoms with E-state index < -0.39 is 6.04 Å². The third-order valence-corrected chi connectivity index (χ3v) is 5.96. The van der Waals surface area contributed by atoms with Gasteiger partial charge in [-0.1, -0.05) is 24.3 Å². The minimum atomic E-state index is -0.566. The number of carbonyl (C=O) groups is 3. The van der Waals surface area contributed by atoms with Crippen molar-refractivity contribution in [2.45, 2.75) is 63.6 Å². The van der Waals surface area contributed by atoms with Crippen molar-refractivity contribution in [2.24, 2.45) is 0 Å². The lowest BCUT2D eigenvalue weighted by Gasteiger charge is -2.29. The zero-order valence-electron chi connectivity index (χ0n) is 17.4. The van der Waals surface area contributed by atoms with Gasteiger partial charge in [-0.15, -0.1) is 0 Å². The van der Waals surface area contributed by atoms with Crippen molar-refractivity contribution in [3.8, 4) is 0 Å². The SMILES string of the molecule is CN[C@@H](C)C(=O)N[C@@H]1CCCCN(CC(=O)NC2CCCc3ccccc32)C1=O. The van der Waals surface area contributed by atoms with Crippen molar-refractivity contribution >= 4 is 17.7 Å². The zero-order chi connectivity index (χ0) is 20.8. The number of carbonyl (C=O) groups excluding carboxylic acids is 3. The van der Waals surface area contributed by atoms with Crippen LogP contribution in [0.15, 0.2) is 24.3 Å². The van der Waals surface area contributed by atoms with Gasteiger partial charge in [0.25, 0.3) is 0 Å². The summed E-state index contributed by atoms with van der Waals surface area (Å²) in [5.41, 5.74) is 2.47. The summed E-state index contributed by atoms with van der Waals surface area (Å²) in [4.78, 5) is 39.4. The summed E-state index contributed by atoms with van der Waals surface area (Å²) >= 11 is 0. The molecule has 158 valence electrons. The topological polar surface area (TPSA) is 90.5 Å². The smallest absolute Gasteiger partial charge is 0.245 e. The lowest BCUT2D eigenvalue weighted by molar-refractivity contribution is -0.139. The van der Waals surface area contributed by atoms with Crippen molar-refractivity contribution in [3.05, 3.63) is 35.4 Å². The average molecular weight is 401 g/mol. The predicted molar refractivity (Wildman–Crippen MR) is 111 cm³/mol. The highest BCUT2D eigenvalue weighted by molar-refractivity contribution is 5.92. The Morgan fingerprint density at radius 3 is 2.66 bits per heavy atom. The van der Waals surface area contributed by atoms with Gasteiger partial charge in [0.1, 0.15) is 6.04 Å². The molecular formula is C22H32N4O3. The number of fused-ring (bicyclic) bond motifs is 1. The molecule has 0 bridgehead atoms. The minimum Gasteiger partial charge on any atom is -0.348 e. The van der Waals surface area contributed by atoms with Gasteiger partial charge in [-0.25, -0.2) is 0 Å². The van der Waals surface area contributed by atoms with Gasteiger partial charge in [0.2, 0.25) is 17.7 Å². The van der Waals surface area contributed by atoms with Crippen LogP contribution in [0.4, 0.5) is 0 Å². The minimum absolute atomic E-state index is 0.00140. The van der Waals surface area contributed by atoms with Gasteiger partial charge in [-0.2, -0.15) is 0 Å². The third-order valence-electron chi connectivity index (χ3n) is 5.96. The molecule has 3 amide bonds. The fourth-order valence-electron chi connectivity index (χ4n) is 4.14. The lowest BCUT2D eigenvalue weighted by Crippen LogP contribution is -2.53. The molecule has 7 heteroatoms. The van der Waals surface area contributed by atoms with Crippen molar-refractivity contribution in [1.29, 1.82) is 0 Å². The molecule has 1 heterocycles. The van der Waals surface area contributed by atoms with E-state index in [4.69, 9.17) is 0 Å². The summed E-state index contributed by atoms with van der Waals surface area (Å²) in [6.45, 7) is 2.33. The molecule has 7 nitrogen and oxygen atoms in total. The van der Waals surface area contributed by atoms with Crippen LogP contribution in [0.5, 0.6) is 0 Å². The number of hydrogen-bond acceptors (Lipinski definition) is 4. The van der Waals surface area contributed by atoms with E-state index in [0.29, 0.717) is 13.0 Å². The Balaban J connectivity index is 1.60. The fraction of sp³-hybridized carbons (Fsp3) is 0.591. The zero-order valence-corrected chi connectivity index (χ0v) is 17.4. The summed E-state index contributed by atoms with van der Waals surface area (Å²) in [6.07, 6.45) is 5.28. The number of aryl methyl sites for hydroxylation is 1. The maximum absolute atomic E-state index is 12.9. The second-order valence-corrected chi connectivity index (χ2v) is 8.04. The first-order valence-corrected chi connectivity index (χ1v) is 10.6. The maximum Gasteiger partial charge on any atom is 0.245 e. The van der Waals surface area contributed by atoms with Gasteiger partial charge in [-0.05, 0) is 63.6 Å². The number of benzene rings is 1. The van der Waals surface area contributed by atoms with Gasteiger partial charge >= 0.3 is 0 Å². The van der Waals surface area contributed by atoms with Crippen molar-refractivity contribution in [3.63, 3.8) is 0 Å². The maximum atomic E-state index is 12.9. The van der Waals surface area contributed by atoms with E-state index in [-0.39, 0.29) is 36.3 Å². The van der Waals surface area contributed by atoms with Crippen LogP contribution >= 0.6 is 0 Å². The van der Waals surface area contributed by atoms with E-state index in [2.05, 4.69) is 28.1 Å². The van der Waals surface area contributed by atoms with Gasteiger partial charge in [0.15, 0.2) is 0 Å². The molecule has 1 unspecified atom stereocenters. The summed E-state index contributed by atoms with van der Waals surface area (Å²) < 4.78 is 0. The Labute approximate surface area is 172 Å². The number of rotatable bonds is 6. The molecule has 3 atom stereocenters. The molecule has 0 radical (unpaired) electrons. The Kier molecular flexibility index (Phi) is 7.25. The quantitative estimate of drug-likeness (QED) is 0.671. The normalized spacial score (nSPS) is 23.0. The largest absolute Gasteiger partial charge is 0.348 e. The van der Waals surface area contributed by atoms with Gasteiger partial charge < -0.3 is 20.9 Å². The predicted octanol–water partition coefficient (Wildman–Crippen LogP) is 1.29. The van der Waals surface area contributed by atoms with Crippen LogP contribution in [-0.2, 0) is 20.8 Å². The molecule has 2 aliphatic rings. The van der Waals surface area contributed by atoms with E-state index in [1.54, 1.807) is 18.9 Å². The number of likely N-dealkylation sites (N-methyl/N-ethyl adjacent to an activating group) is 1. The molecular weight excluding hydrogens is 368 g/mol. The van der Waals surface area contributed by atoms with E-state index in [1.807, 2.05) is 12.1 Å². The molecule has 0 aromatic heterocycles. The molecule has 1 saturated heterocycles. The number of hydrogen-bond donors (Lipinski definition) is 3. The highest BCUT2D eigenvalue weighted by atomic mass is 16.2. The van der Waals surface area contributed by atoms with Crippen LogP contribution in [0.1, 0.15) is 56.2 Å². The molecule has 3 rings (SSSR count). The van der Waals surface area contributed by atoms with Crippen LogP contribution < -0.4 is 16.0 Å². The molecule has 0 spiro atoms. The summed E-state index contributed by atoms with van der Waals surface area (Å²) in [5, 5.41) is 8.83. The number of nitrogens with one attached hydrogen (secondary N) is 3. The molecule has 1 fully saturated rings. The van der Waals surface area contributed by atoms with E-state index in [1.165, 1.54) is 11.1 Å². The number of likely N-dealkylation sites (tertiary alicyclic amines) is 1. The number of nitrogens with zero attached hydrogens (tertiary/aromatic N) is 1. The van der Waals surface area contributed by atoms with E-state index in [9.17, 15) is 14.4 Å². The van der Waals surface area contributed by atoms with E-state index >= 15 is 0 Å². The molecule has 1 aliphatic heterocycles. The molecule has 29 heavy (non-hydrogen) atoms. The van der Waals surface area contributed by atoms with Crippen LogP contribution in [-0.4, -0.2) is 54.8 Å². The van der Waals surface area contributed by atoms with Crippen LogP contribution in [0.2, 0.25) is 0 Å². The second kappa shape index (κ2) is 9.87. The molecule has 1 aromatic rings. The summed E-state index contributed by atoms with van der Waals surface area (Å²) in [5.74, 6) is -0.509. The standard InChI is InChI=1S/C22H32N4O3/c1-15(23-2)21(28)25-19-11-5-6-13-26(22(19)29)14-20(27)24-18-12-7-9-16-8-3-4-10-17(16)18/h3-4,8,10,15,18-19,23H,5-7,9,11-14H2,1-2H3,(H,24,27)(H,25,28)/t15-,18?,19+/m0/s1. The Bertz CT molecular complexity index is 751. The first-order valence-electron chi connectivity index (χ1n) is 10.6. The second-order valence-electron chi connectivity index (χ2n) is 8.04. The first kappa shape index (κ1) is 21.3. The number of amides is 3. The van der Waals surface area contributed by atoms with E-state index in [0.717, 1.165) is 32.1 Å². The highest BCUT2D eigenvalue weighted by Gasteiger charge is 2.31. The molecule has 1 aromatic carbocycles. The fourth-order valence-corrected chi connectivity index (χ4v) is 4.14. The monoisotopic (exact) mass is 400 g/mol. The first-order chi connectivity index (χ1) is 14.0. The average Bonchev–Trinajstić information content (AvgIpc) is 2.89. The Morgan fingerprint density at radius 1 is 1.10 bits per heavy atom.